The molecule has 0 atom stereocenters. The highest BCUT2D eigenvalue weighted by atomic mass is 32.2. The largest absolute Gasteiger partial charge is 0.373 e. The molecule has 0 aliphatic rings. The van der Waals surface area contributed by atoms with Crippen molar-refractivity contribution in [3.05, 3.63) is 35.7 Å². The lowest BCUT2D eigenvalue weighted by atomic mass is 10.2. The summed E-state index contributed by atoms with van der Waals surface area (Å²) in [4.78, 5) is 16.6. The van der Waals surface area contributed by atoms with Crippen molar-refractivity contribution < 1.29 is 0 Å². The number of aryl methyl sites for hydroxylation is 1. The number of aromatic nitrogens is 4. The summed E-state index contributed by atoms with van der Waals surface area (Å²) in [6, 6.07) is 6.20. The van der Waals surface area contributed by atoms with Crippen molar-refractivity contribution in [1.29, 1.82) is 0 Å². The van der Waals surface area contributed by atoms with Crippen LogP contribution in [0.4, 0.5) is 5.82 Å². The van der Waals surface area contributed by atoms with E-state index >= 15 is 0 Å². The maximum Gasteiger partial charge on any atom is 0.172 e. The molecule has 3 aromatic rings. The van der Waals surface area contributed by atoms with Crippen LogP contribution in [0.5, 0.6) is 0 Å². The predicted molar refractivity (Wildman–Crippen MR) is 85.9 cm³/mol. The first-order valence-electron chi connectivity index (χ1n) is 6.87. The Morgan fingerprint density at radius 1 is 1.29 bits per heavy atom. The van der Waals surface area contributed by atoms with Gasteiger partial charge in [0.1, 0.15) is 17.2 Å². The normalized spacial score (nSPS) is 11.0. The summed E-state index contributed by atoms with van der Waals surface area (Å²) in [6.45, 7) is 4.18. The predicted octanol–water partition coefficient (Wildman–Crippen LogP) is 3.42. The molecule has 21 heavy (non-hydrogen) atoms. The van der Waals surface area contributed by atoms with E-state index in [0.717, 1.165) is 39.0 Å². The summed E-state index contributed by atoms with van der Waals surface area (Å²) in [6.07, 6.45) is 2.46. The summed E-state index contributed by atoms with van der Waals surface area (Å²) in [5.41, 5.74) is 4.36. The number of aromatic amines is 1. The number of hydrogen-bond donors (Lipinski definition) is 2. The standard InChI is InChI=1S/C15H17N5S/c1-4-10-13(16-3)17-8-18-14(10)21-15-19-11-6-5-9(2)7-12(11)20-15/h5-8H,4H2,1-3H3,(H,19,20)(H,16,17,18). The molecule has 0 radical (unpaired) electrons. The highest BCUT2D eigenvalue weighted by Crippen LogP contribution is 2.31. The summed E-state index contributed by atoms with van der Waals surface area (Å²) in [7, 11) is 1.87. The molecule has 2 heterocycles. The number of hydrogen-bond acceptors (Lipinski definition) is 5. The van der Waals surface area contributed by atoms with Gasteiger partial charge in [0, 0.05) is 12.6 Å². The summed E-state index contributed by atoms with van der Waals surface area (Å²) in [5.74, 6) is 0.877. The minimum absolute atomic E-state index is 0.853. The van der Waals surface area contributed by atoms with Gasteiger partial charge in [0.05, 0.1) is 11.0 Å². The van der Waals surface area contributed by atoms with E-state index in [4.69, 9.17) is 0 Å². The quantitative estimate of drug-likeness (QED) is 0.723. The zero-order valence-corrected chi connectivity index (χ0v) is 13.1. The van der Waals surface area contributed by atoms with Crippen molar-refractivity contribution in [3.63, 3.8) is 0 Å². The number of benzene rings is 1. The molecule has 3 rings (SSSR count). The monoisotopic (exact) mass is 299 g/mol. The zero-order chi connectivity index (χ0) is 14.8. The molecule has 0 fully saturated rings. The van der Waals surface area contributed by atoms with Crippen LogP contribution in [0.25, 0.3) is 11.0 Å². The lowest BCUT2D eigenvalue weighted by molar-refractivity contribution is 0.939. The van der Waals surface area contributed by atoms with Crippen molar-refractivity contribution in [1.82, 2.24) is 19.9 Å². The fourth-order valence-corrected chi connectivity index (χ4v) is 3.21. The van der Waals surface area contributed by atoms with E-state index in [1.54, 1.807) is 18.1 Å². The number of nitrogens with one attached hydrogen (secondary N) is 2. The Hall–Kier alpha value is -2.08. The number of anilines is 1. The number of imidazole rings is 1. The molecule has 0 spiro atoms. The van der Waals surface area contributed by atoms with Gasteiger partial charge in [-0.3, -0.25) is 0 Å². The second-order valence-corrected chi connectivity index (χ2v) is 5.75. The third kappa shape index (κ3) is 2.71. The van der Waals surface area contributed by atoms with E-state index in [0.29, 0.717) is 0 Å². The molecule has 0 saturated heterocycles. The first-order chi connectivity index (χ1) is 10.2. The highest BCUT2D eigenvalue weighted by molar-refractivity contribution is 7.99. The smallest absolute Gasteiger partial charge is 0.172 e. The number of fused-ring (bicyclic) bond motifs is 1. The van der Waals surface area contributed by atoms with Gasteiger partial charge in [-0.15, -0.1) is 0 Å². The fraction of sp³-hybridized carbons (Fsp3) is 0.267. The number of nitrogens with zero attached hydrogens (tertiary/aromatic N) is 3. The maximum absolute atomic E-state index is 4.61. The summed E-state index contributed by atoms with van der Waals surface area (Å²) >= 11 is 1.54. The minimum atomic E-state index is 0.853. The molecule has 0 aliphatic heterocycles. The Balaban J connectivity index is 1.98. The Kier molecular flexibility index (Phi) is 3.79. The van der Waals surface area contributed by atoms with Crippen LogP contribution in [0.3, 0.4) is 0 Å². The molecule has 5 nitrogen and oxygen atoms in total. The van der Waals surface area contributed by atoms with E-state index in [9.17, 15) is 0 Å². The summed E-state index contributed by atoms with van der Waals surface area (Å²) in [5, 5.41) is 4.90. The van der Waals surface area contributed by atoms with Gasteiger partial charge in [0.25, 0.3) is 0 Å². The third-order valence-electron chi connectivity index (χ3n) is 3.31. The van der Waals surface area contributed by atoms with E-state index in [-0.39, 0.29) is 0 Å². The lowest BCUT2D eigenvalue weighted by Gasteiger charge is -2.09. The lowest BCUT2D eigenvalue weighted by Crippen LogP contribution is -2.01. The second-order valence-electron chi connectivity index (χ2n) is 4.77. The Morgan fingerprint density at radius 2 is 2.14 bits per heavy atom. The Labute approximate surface area is 127 Å². The van der Waals surface area contributed by atoms with Crippen LogP contribution in [0, 0.1) is 6.92 Å². The van der Waals surface area contributed by atoms with E-state index in [1.807, 2.05) is 13.1 Å². The molecule has 0 saturated carbocycles. The molecule has 2 aromatic heterocycles. The molecule has 0 amide bonds. The third-order valence-corrected chi connectivity index (χ3v) is 4.24. The van der Waals surface area contributed by atoms with Crippen molar-refractivity contribution in [2.75, 3.05) is 12.4 Å². The van der Waals surface area contributed by atoms with E-state index in [1.165, 1.54) is 5.56 Å². The van der Waals surface area contributed by atoms with Gasteiger partial charge in [-0.05, 0) is 42.8 Å². The zero-order valence-electron chi connectivity index (χ0n) is 12.3. The van der Waals surface area contributed by atoms with Crippen molar-refractivity contribution in [3.8, 4) is 0 Å². The molecular formula is C15H17N5S. The van der Waals surface area contributed by atoms with Crippen LogP contribution in [0.1, 0.15) is 18.1 Å². The van der Waals surface area contributed by atoms with E-state index < -0.39 is 0 Å². The first kappa shape index (κ1) is 13.9. The van der Waals surface area contributed by atoms with Crippen molar-refractivity contribution in [2.45, 2.75) is 30.5 Å². The van der Waals surface area contributed by atoms with Crippen LogP contribution in [0.2, 0.25) is 0 Å². The maximum atomic E-state index is 4.61. The minimum Gasteiger partial charge on any atom is -0.373 e. The van der Waals surface area contributed by atoms with Gasteiger partial charge in [-0.1, -0.05) is 13.0 Å². The number of H-pyrrole nitrogens is 1. The van der Waals surface area contributed by atoms with Crippen molar-refractivity contribution in [2.24, 2.45) is 0 Å². The van der Waals surface area contributed by atoms with Gasteiger partial charge in [-0.25, -0.2) is 15.0 Å². The molecule has 2 N–H and O–H groups in total. The molecule has 0 bridgehead atoms. The SMILES string of the molecule is CCc1c(NC)ncnc1Sc1nc2ccc(C)cc2[nH]1. The second kappa shape index (κ2) is 5.73. The van der Waals surface area contributed by atoms with Crippen molar-refractivity contribution >= 4 is 28.6 Å². The van der Waals surface area contributed by atoms with Crippen LogP contribution < -0.4 is 5.32 Å². The Morgan fingerprint density at radius 3 is 2.90 bits per heavy atom. The summed E-state index contributed by atoms with van der Waals surface area (Å²) < 4.78 is 0. The number of rotatable bonds is 4. The van der Waals surface area contributed by atoms with Gasteiger partial charge in [-0.2, -0.15) is 0 Å². The van der Waals surface area contributed by atoms with Crippen LogP contribution in [0.15, 0.2) is 34.7 Å². The van der Waals surface area contributed by atoms with Gasteiger partial charge >= 0.3 is 0 Å². The Bertz CT molecular complexity index is 781. The average Bonchev–Trinajstić information content (AvgIpc) is 2.88. The average molecular weight is 299 g/mol. The van der Waals surface area contributed by atoms with Gasteiger partial charge < -0.3 is 10.3 Å². The molecule has 0 unspecified atom stereocenters. The molecular weight excluding hydrogens is 282 g/mol. The van der Waals surface area contributed by atoms with E-state index in [2.05, 4.69) is 51.2 Å². The van der Waals surface area contributed by atoms with Gasteiger partial charge in [0.15, 0.2) is 5.16 Å². The fourth-order valence-electron chi connectivity index (χ4n) is 2.26. The molecule has 6 heteroatoms. The molecule has 108 valence electrons. The van der Waals surface area contributed by atoms with Crippen LogP contribution in [-0.4, -0.2) is 27.0 Å². The van der Waals surface area contributed by atoms with Crippen LogP contribution in [-0.2, 0) is 6.42 Å². The molecule has 0 aliphatic carbocycles. The van der Waals surface area contributed by atoms with Crippen LogP contribution >= 0.6 is 11.8 Å². The highest BCUT2D eigenvalue weighted by Gasteiger charge is 2.12. The topological polar surface area (TPSA) is 66.5 Å². The van der Waals surface area contributed by atoms with Gasteiger partial charge in [0.2, 0.25) is 0 Å². The first-order valence-corrected chi connectivity index (χ1v) is 7.68. The molecule has 1 aromatic carbocycles.